The van der Waals surface area contributed by atoms with Crippen LogP contribution in [0.25, 0.3) is 0 Å². The Kier molecular flexibility index (Phi) is 3.53. The summed E-state index contributed by atoms with van der Waals surface area (Å²) in [4.78, 5) is 14.1. The Morgan fingerprint density at radius 1 is 1.79 bits per heavy atom. The lowest BCUT2D eigenvalue weighted by molar-refractivity contribution is -0.142. The Balaban J connectivity index is 2.74. The van der Waals surface area contributed by atoms with Crippen LogP contribution in [0.5, 0.6) is 0 Å². The van der Waals surface area contributed by atoms with Crippen molar-refractivity contribution in [1.82, 2.24) is 4.98 Å². The number of aliphatic hydroxyl groups is 1. The van der Waals surface area contributed by atoms with Crippen molar-refractivity contribution in [3.8, 4) is 0 Å². The van der Waals surface area contributed by atoms with E-state index >= 15 is 0 Å². The third-order valence-corrected chi connectivity index (χ3v) is 1.73. The molecule has 76 valence electrons. The first-order chi connectivity index (χ1) is 6.65. The van der Waals surface area contributed by atoms with E-state index in [-0.39, 0.29) is 12.0 Å². The molecule has 0 bridgehead atoms. The summed E-state index contributed by atoms with van der Waals surface area (Å²) < 4.78 is 17.3. The Hall–Kier alpha value is -1.49. The van der Waals surface area contributed by atoms with Crippen LogP contribution in [0.1, 0.15) is 18.1 Å². The number of rotatable bonds is 3. The van der Waals surface area contributed by atoms with Gasteiger partial charge in [0, 0.05) is 11.8 Å². The standard InChI is InChI=1S/C9H10FNO3/c1-14-8(13)5-7(12)6-3-2-4-11-9(6)10/h2-4,7,12H,5H2,1H3. The largest absolute Gasteiger partial charge is 0.469 e. The summed E-state index contributed by atoms with van der Waals surface area (Å²) >= 11 is 0. The average Bonchev–Trinajstić information content (AvgIpc) is 2.18. The van der Waals surface area contributed by atoms with Gasteiger partial charge in [-0.25, -0.2) is 4.98 Å². The van der Waals surface area contributed by atoms with Crippen LogP contribution < -0.4 is 0 Å². The molecule has 0 amide bonds. The van der Waals surface area contributed by atoms with Crippen LogP contribution in [0.4, 0.5) is 4.39 Å². The molecule has 1 aromatic rings. The zero-order valence-electron chi connectivity index (χ0n) is 7.61. The average molecular weight is 199 g/mol. The minimum absolute atomic E-state index is 0.00194. The number of aromatic nitrogens is 1. The Morgan fingerprint density at radius 2 is 2.50 bits per heavy atom. The van der Waals surface area contributed by atoms with Crippen molar-refractivity contribution in [3.63, 3.8) is 0 Å². The quantitative estimate of drug-likeness (QED) is 0.578. The Morgan fingerprint density at radius 3 is 3.07 bits per heavy atom. The number of halogens is 1. The van der Waals surface area contributed by atoms with Crippen LogP contribution in [0, 0.1) is 5.95 Å². The van der Waals surface area contributed by atoms with Crippen molar-refractivity contribution < 1.29 is 19.0 Å². The van der Waals surface area contributed by atoms with Gasteiger partial charge in [0.2, 0.25) is 5.95 Å². The van der Waals surface area contributed by atoms with Gasteiger partial charge in [0.25, 0.3) is 0 Å². The van der Waals surface area contributed by atoms with Crippen molar-refractivity contribution in [1.29, 1.82) is 0 Å². The zero-order valence-corrected chi connectivity index (χ0v) is 7.61. The predicted molar refractivity (Wildman–Crippen MR) is 45.8 cm³/mol. The van der Waals surface area contributed by atoms with Gasteiger partial charge in [-0.3, -0.25) is 4.79 Å². The lowest BCUT2D eigenvalue weighted by Crippen LogP contribution is -2.09. The monoisotopic (exact) mass is 199 g/mol. The molecule has 0 saturated heterocycles. The highest BCUT2D eigenvalue weighted by Gasteiger charge is 2.17. The first-order valence-electron chi connectivity index (χ1n) is 4.00. The molecule has 4 nitrogen and oxygen atoms in total. The van der Waals surface area contributed by atoms with E-state index in [1.54, 1.807) is 0 Å². The number of carbonyl (C=O) groups is 1. The minimum Gasteiger partial charge on any atom is -0.469 e. The number of aliphatic hydroxyl groups excluding tert-OH is 1. The number of methoxy groups -OCH3 is 1. The number of hydrogen-bond acceptors (Lipinski definition) is 4. The van der Waals surface area contributed by atoms with E-state index in [4.69, 9.17) is 0 Å². The second-order valence-corrected chi connectivity index (χ2v) is 2.68. The van der Waals surface area contributed by atoms with E-state index in [1.165, 1.54) is 25.4 Å². The fraction of sp³-hybridized carbons (Fsp3) is 0.333. The molecule has 0 aromatic carbocycles. The molecule has 0 aliphatic heterocycles. The molecule has 5 heteroatoms. The van der Waals surface area contributed by atoms with Gasteiger partial charge in [-0.2, -0.15) is 4.39 Å². The van der Waals surface area contributed by atoms with Crippen LogP contribution >= 0.6 is 0 Å². The van der Waals surface area contributed by atoms with Crippen molar-refractivity contribution in [3.05, 3.63) is 29.8 Å². The molecule has 1 N–H and O–H groups in total. The van der Waals surface area contributed by atoms with Gasteiger partial charge in [0.1, 0.15) is 0 Å². The van der Waals surface area contributed by atoms with Gasteiger partial charge < -0.3 is 9.84 Å². The minimum atomic E-state index is -1.21. The molecule has 0 spiro atoms. The molecular weight excluding hydrogens is 189 g/mol. The molecule has 1 heterocycles. The Bertz CT molecular complexity index is 330. The van der Waals surface area contributed by atoms with E-state index in [1.807, 2.05) is 0 Å². The summed E-state index contributed by atoms with van der Waals surface area (Å²) in [6, 6.07) is 2.86. The molecule has 0 fully saturated rings. The SMILES string of the molecule is COC(=O)CC(O)c1cccnc1F. The molecule has 1 atom stereocenters. The number of carbonyl (C=O) groups excluding carboxylic acids is 1. The van der Waals surface area contributed by atoms with Crippen molar-refractivity contribution in [2.45, 2.75) is 12.5 Å². The second-order valence-electron chi connectivity index (χ2n) is 2.68. The van der Waals surface area contributed by atoms with Crippen LogP contribution in [0.3, 0.4) is 0 Å². The summed E-state index contributed by atoms with van der Waals surface area (Å²) in [7, 11) is 1.20. The number of nitrogens with zero attached hydrogens (tertiary/aromatic N) is 1. The highest BCUT2D eigenvalue weighted by atomic mass is 19.1. The molecule has 1 unspecified atom stereocenters. The van der Waals surface area contributed by atoms with Crippen molar-refractivity contribution in [2.75, 3.05) is 7.11 Å². The van der Waals surface area contributed by atoms with Crippen molar-refractivity contribution in [2.24, 2.45) is 0 Å². The van der Waals surface area contributed by atoms with E-state index in [9.17, 15) is 14.3 Å². The number of ether oxygens (including phenoxy) is 1. The van der Waals surface area contributed by atoms with Gasteiger partial charge in [-0.05, 0) is 6.07 Å². The van der Waals surface area contributed by atoms with Gasteiger partial charge in [0.15, 0.2) is 0 Å². The third kappa shape index (κ3) is 2.50. The maximum absolute atomic E-state index is 13.0. The van der Waals surface area contributed by atoms with E-state index in [2.05, 4.69) is 9.72 Å². The highest BCUT2D eigenvalue weighted by molar-refractivity contribution is 5.70. The molecule has 14 heavy (non-hydrogen) atoms. The summed E-state index contributed by atoms with van der Waals surface area (Å²) in [6.45, 7) is 0. The lowest BCUT2D eigenvalue weighted by Gasteiger charge is -2.09. The fourth-order valence-corrected chi connectivity index (χ4v) is 0.998. The first kappa shape index (κ1) is 10.6. The number of esters is 1. The summed E-state index contributed by atoms with van der Waals surface area (Å²) in [6.07, 6.45) is -0.223. The van der Waals surface area contributed by atoms with Gasteiger partial charge in [0.05, 0.1) is 19.6 Å². The summed E-state index contributed by atoms with van der Waals surface area (Å²) in [5.74, 6) is -1.37. The molecule has 0 radical (unpaired) electrons. The van der Waals surface area contributed by atoms with Crippen LogP contribution in [-0.2, 0) is 9.53 Å². The molecule has 1 aromatic heterocycles. The normalized spacial score (nSPS) is 12.2. The fourth-order valence-electron chi connectivity index (χ4n) is 0.998. The zero-order chi connectivity index (χ0) is 10.6. The Labute approximate surface area is 80.3 Å². The molecule has 0 saturated carbocycles. The van der Waals surface area contributed by atoms with E-state index in [0.29, 0.717) is 0 Å². The molecule has 1 rings (SSSR count). The second kappa shape index (κ2) is 4.66. The summed E-state index contributed by atoms with van der Waals surface area (Å²) in [5.41, 5.74) is -0.00194. The smallest absolute Gasteiger partial charge is 0.308 e. The van der Waals surface area contributed by atoms with E-state index < -0.39 is 18.0 Å². The molecular formula is C9H10FNO3. The number of hydrogen-bond donors (Lipinski definition) is 1. The number of pyridine rings is 1. The van der Waals surface area contributed by atoms with Crippen molar-refractivity contribution >= 4 is 5.97 Å². The summed E-state index contributed by atoms with van der Waals surface area (Å²) in [5, 5.41) is 9.42. The highest BCUT2D eigenvalue weighted by Crippen LogP contribution is 2.18. The predicted octanol–water partition coefficient (Wildman–Crippen LogP) is 0.817. The van der Waals surface area contributed by atoms with Crippen LogP contribution in [-0.4, -0.2) is 23.2 Å². The van der Waals surface area contributed by atoms with E-state index in [0.717, 1.165) is 0 Å². The molecule has 0 aliphatic carbocycles. The van der Waals surface area contributed by atoms with Gasteiger partial charge in [-0.1, -0.05) is 6.07 Å². The maximum Gasteiger partial charge on any atom is 0.308 e. The lowest BCUT2D eigenvalue weighted by atomic mass is 10.1. The van der Waals surface area contributed by atoms with Crippen LogP contribution in [0.2, 0.25) is 0 Å². The van der Waals surface area contributed by atoms with Crippen LogP contribution in [0.15, 0.2) is 18.3 Å². The first-order valence-corrected chi connectivity index (χ1v) is 4.00. The topological polar surface area (TPSA) is 59.4 Å². The molecule has 0 aliphatic rings. The van der Waals surface area contributed by atoms with Gasteiger partial charge >= 0.3 is 5.97 Å². The maximum atomic E-state index is 13.0. The van der Waals surface area contributed by atoms with Gasteiger partial charge in [-0.15, -0.1) is 0 Å². The third-order valence-electron chi connectivity index (χ3n) is 1.73.